The van der Waals surface area contributed by atoms with Gasteiger partial charge in [-0.3, -0.25) is 10.1 Å². The molecule has 0 radical (unpaired) electrons. The highest BCUT2D eigenvalue weighted by Crippen LogP contribution is 2.37. The zero-order valence-corrected chi connectivity index (χ0v) is 14.2. The number of ether oxygens (including phenoxy) is 2. The van der Waals surface area contributed by atoms with Crippen LogP contribution in [0.3, 0.4) is 0 Å². The first-order chi connectivity index (χ1) is 12.3. The first kappa shape index (κ1) is 18.8. The molecule has 0 amide bonds. The molecule has 2 rings (SSSR count). The van der Waals surface area contributed by atoms with E-state index in [1.54, 1.807) is 0 Å². The van der Waals surface area contributed by atoms with Gasteiger partial charge in [0.1, 0.15) is 5.70 Å². The van der Waals surface area contributed by atoms with Crippen LogP contribution in [0, 0.1) is 22.9 Å². The average Bonchev–Trinajstić information content (AvgIpc) is 2.84. The van der Waals surface area contributed by atoms with Gasteiger partial charge in [0, 0.05) is 12.3 Å². The molecule has 0 saturated carbocycles. The number of methoxy groups -OCH3 is 2. The Bertz CT molecular complexity index is 872. The van der Waals surface area contributed by atoms with E-state index in [1.165, 1.54) is 37.4 Å². The fraction of sp³-hybridized carbons (Fsp3) is 0.176. The molecule has 0 unspecified atom stereocenters. The van der Waals surface area contributed by atoms with Crippen molar-refractivity contribution in [3.63, 3.8) is 0 Å². The second-order valence-corrected chi connectivity index (χ2v) is 5.14. The van der Waals surface area contributed by atoms with Gasteiger partial charge in [0.15, 0.2) is 11.5 Å². The number of halogens is 1. The van der Waals surface area contributed by atoms with E-state index < -0.39 is 39.8 Å². The van der Waals surface area contributed by atoms with Crippen molar-refractivity contribution in [3.05, 3.63) is 69.3 Å². The Morgan fingerprint density at radius 2 is 1.81 bits per heavy atom. The van der Waals surface area contributed by atoms with Crippen molar-refractivity contribution in [1.82, 2.24) is 0 Å². The van der Waals surface area contributed by atoms with Gasteiger partial charge in [0.2, 0.25) is 0 Å². The van der Waals surface area contributed by atoms with Crippen molar-refractivity contribution >= 4 is 23.3 Å². The number of carbonyl (C=O) groups excluding carboxylic acids is 2. The van der Waals surface area contributed by atoms with Crippen molar-refractivity contribution in [3.8, 4) is 0 Å². The average molecular weight is 362 g/mol. The van der Waals surface area contributed by atoms with E-state index in [9.17, 15) is 24.1 Å². The van der Waals surface area contributed by atoms with Crippen molar-refractivity contribution in [1.29, 1.82) is 0 Å². The molecule has 0 atom stereocenters. The van der Waals surface area contributed by atoms with Crippen LogP contribution >= 0.6 is 0 Å². The van der Waals surface area contributed by atoms with Gasteiger partial charge in [-0.15, -0.1) is 0 Å². The number of allylic oxidation sites excluding steroid dienone is 2. The minimum absolute atomic E-state index is 0.125. The third-order valence-corrected chi connectivity index (χ3v) is 3.61. The van der Waals surface area contributed by atoms with Gasteiger partial charge < -0.3 is 14.4 Å². The predicted molar refractivity (Wildman–Crippen MR) is 89.6 cm³/mol. The zero-order chi connectivity index (χ0) is 19.4. The fourth-order valence-electron chi connectivity index (χ4n) is 2.37. The topological polar surface area (TPSA) is 99.0 Å². The minimum atomic E-state index is -0.989. The molecule has 1 aliphatic rings. The first-order valence-corrected chi connectivity index (χ1v) is 7.32. The lowest BCUT2D eigenvalue weighted by Gasteiger charge is -2.23. The Hall–Kier alpha value is -3.49. The molecule has 0 saturated heterocycles. The normalized spacial score (nSPS) is 13.5. The maximum atomic E-state index is 14.8. The summed E-state index contributed by atoms with van der Waals surface area (Å²) in [7, 11) is 2.18. The van der Waals surface area contributed by atoms with Crippen LogP contribution in [0.4, 0.5) is 15.8 Å². The van der Waals surface area contributed by atoms with Crippen LogP contribution in [0.2, 0.25) is 0 Å². The standard InChI is InChI=1S/C17H15FN2O6/c1-10-7-8-12(20(23)24)15(13(10)18)19-9-5-4-6-11(16(21)25-2)14(19)17(22)26-3/h4-9H,1-3H3. The molecule has 136 valence electrons. The summed E-state index contributed by atoms with van der Waals surface area (Å²) in [4.78, 5) is 35.9. The first-order valence-electron chi connectivity index (χ1n) is 7.32. The van der Waals surface area contributed by atoms with Crippen LogP contribution < -0.4 is 4.90 Å². The van der Waals surface area contributed by atoms with Crippen molar-refractivity contribution in [2.24, 2.45) is 0 Å². The monoisotopic (exact) mass is 362 g/mol. The number of nitro benzene ring substituents is 1. The fourth-order valence-corrected chi connectivity index (χ4v) is 2.37. The molecule has 26 heavy (non-hydrogen) atoms. The lowest BCUT2D eigenvalue weighted by Crippen LogP contribution is -2.28. The summed E-state index contributed by atoms with van der Waals surface area (Å²) in [5.74, 6) is -2.78. The number of hydrogen-bond acceptors (Lipinski definition) is 7. The molecular weight excluding hydrogens is 347 g/mol. The number of esters is 2. The molecule has 8 nitrogen and oxygen atoms in total. The quantitative estimate of drug-likeness (QED) is 0.461. The smallest absolute Gasteiger partial charge is 0.355 e. The maximum Gasteiger partial charge on any atom is 0.355 e. The summed E-state index contributed by atoms with van der Waals surface area (Å²) in [6, 6.07) is 2.37. The van der Waals surface area contributed by atoms with E-state index in [4.69, 9.17) is 0 Å². The van der Waals surface area contributed by atoms with Crippen LogP contribution in [0.5, 0.6) is 0 Å². The number of nitro groups is 1. The highest BCUT2D eigenvalue weighted by atomic mass is 19.1. The number of carbonyl (C=O) groups is 2. The Morgan fingerprint density at radius 1 is 1.15 bits per heavy atom. The maximum absolute atomic E-state index is 14.8. The Labute approximate surface area is 147 Å². The molecule has 0 aromatic heterocycles. The lowest BCUT2D eigenvalue weighted by atomic mass is 10.1. The second kappa shape index (κ2) is 7.60. The van der Waals surface area contributed by atoms with Crippen LogP contribution in [-0.2, 0) is 19.1 Å². The Morgan fingerprint density at radius 3 is 2.38 bits per heavy atom. The van der Waals surface area contributed by atoms with Gasteiger partial charge in [-0.2, -0.15) is 0 Å². The van der Waals surface area contributed by atoms with Crippen LogP contribution in [0.25, 0.3) is 0 Å². The molecule has 0 bridgehead atoms. The summed E-state index contributed by atoms with van der Waals surface area (Å²) in [6.07, 6.45) is 5.30. The van der Waals surface area contributed by atoms with Gasteiger partial charge in [0.25, 0.3) is 5.69 Å². The number of aryl methyl sites for hydroxylation is 1. The number of rotatable bonds is 4. The molecule has 1 aliphatic heterocycles. The predicted octanol–water partition coefficient (Wildman–Crippen LogP) is 2.53. The second-order valence-electron chi connectivity index (χ2n) is 5.14. The van der Waals surface area contributed by atoms with E-state index in [0.29, 0.717) is 0 Å². The third kappa shape index (κ3) is 3.32. The largest absolute Gasteiger partial charge is 0.465 e. The third-order valence-electron chi connectivity index (χ3n) is 3.61. The number of nitrogens with zero attached hydrogens (tertiary/aromatic N) is 2. The summed E-state index contributed by atoms with van der Waals surface area (Å²) < 4.78 is 24.1. The van der Waals surface area contributed by atoms with Gasteiger partial charge in [-0.25, -0.2) is 14.0 Å². The molecule has 9 heteroatoms. The highest BCUT2D eigenvalue weighted by molar-refractivity contribution is 6.05. The van der Waals surface area contributed by atoms with Gasteiger partial charge >= 0.3 is 11.9 Å². The van der Waals surface area contributed by atoms with E-state index in [-0.39, 0.29) is 11.1 Å². The summed E-state index contributed by atoms with van der Waals surface area (Å²) in [5.41, 5.74) is -1.58. The molecule has 0 spiro atoms. The zero-order valence-electron chi connectivity index (χ0n) is 14.2. The molecule has 1 heterocycles. The van der Waals surface area contributed by atoms with Crippen molar-refractivity contribution in [2.75, 3.05) is 19.1 Å². The van der Waals surface area contributed by atoms with Gasteiger partial charge in [-0.1, -0.05) is 6.08 Å². The Kier molecular flexibility index (Phi) is 5.51. The van der Waals surface area contributed by atoms with Crippen LogP contribution in [0.1, 0.15) is 5.56 Å². The van der Waals surface area contributed by atoms with Gasteiger partial charge in [0.05, 0.1) is 24.7 Å². The molecule has 0 N–H and O–H groups in total. The molecule has 0 fully saturated rings. The summed E-state index contributed by atoms with van der Waals surface area (Å²) in [6.45, 7) is 1.42. The van der Waals surface area contributed by atoms with Crippen molar-refractivity contribution < 1.29 is 28.4 Å². The van der Waals surface area contributed by atoms with E-state index in [2.05, 4.69) is 9.47 Å². The van der Waals surface area contributed by atoms with Crippen LogP contribution in [-0.4, -0.2) is 31.1 Å². The lowest BCUT2D eigenvalue weighted by molar-refractivity contribution is -0.384. The Balaban J connectivity index is 2.86. The minimum Gasteiger partial charge on any atom is -0.465 e. The SMILES string of the molecule is COC(=O)C1=C(C(=O)OC)N(c2c([N+](=O)[O-])ccc(C)c2F)C=CC=C1. The molecule has 1 aromatic carbocycles. The van der Waals surface area contributed by atoms with Crippen molar-refractivity contribution in [2.45, 2.75) is 6.92 Å². The number of benzene rings is 1. The number of anilines is 1. The summed E-state index contributed by atoms with van der Waals surface area (Å²) >= 11 is 0. The highest BCUT2D eigenvalue weighted by Gasteiger charge is 2.33. The number of hydrogen-bond donors (Lipinski definition) is 0. The molecule has 1 aromatic rings. The van der Waals surface area contributed by atoms with Gasteiger partial charge in [-0.05, 0) is 30.7 Å². The van der Waals surface area contributed by atoms with E-state index in [0.717, 1.165) is 25.2 Å². The van der Waals surface area contributed by atoms with Crippen LogP contribution in [0.15, 0.2) is 47.8 Å². The van der Waals surface area contributed by atoms with E-state index in [1.807, 2.05) is 0 Å². The molecular formula is C17H15FN2O6. The summed E-state index contributed by atoms with van der Waals surface area (Å²) in [5, 5.41) is 11.4. The molecule has 0 aliphatic carbocycles. The van der Waals surface area contributed by atoms with E-state index >= 15 is 0 Å².